The van der Waals surface area contributed by atoms with Crippen LogP contribution in [0, 0.1) is 13.8 Å². The SMILES string of the molecule is Cc1cc([C@H]2[C@H](c3ccccn3)NC(=S)N2c2ccc(N(C)C)cc2)c(C)n1-c1ccccc1C(=O)O. The van der Waals surface area contributed by atoms with Crippen molar-refractivity contribution in [1.29, 1.82) is 0 Å². The molecule has 37 heavy (non-hydrogen) atoms. The van der Waals surface area contributed by atoms with Crippen LogP contribution in [0.2, 0.25) is 0 Å². The molecule has 4 aromatic rings. The fraction of sp³-hybridized carbons (Fsp3) is 0.207. The van der Waals surface area contributed by atoms with Gasteiger partial charge in [-0.3, -0.25) is 4.98 Å². The van der Waals surface area contributed by atoms with Crippen molar-refractivity contribution in [3.8, 4) is 5.69 Å². The monoisotopic (exact) mass is 511 g/mol. The Labute approximate surface area is 222 Å². The Kier molecular flexibility index (Phi) is 6.43. The van der Waals surface area contributed by atoms with E-state index in [-0.39, 0.29) is 17.6 Å². The molecule has 2 atom stereocenters. The summed E-state index contributed by atoms with van der Waals surface area (Å²) < 4.78 is 2.02. The van der Waals surface area contributed by atoms with Crippen molar-refractivity contribution in [2.75, 3.05) is 23.9 Å². The molecular weight excluding hydrogens is 482 g/mol. The smallest absolute Gasteiger partial charge is 0.337 e. The summed E-state index contributed by atoms with van der Waals surface area (Å²) >= 11 is 5.88. The Bertz CT molecular complexity index is 1460. The zero-order valence-electron chi connectivity index (χ0n) is 21.2. The molecule has 1 fully saturated rings. The zero-order valence-corrected chi connectivity index (χ0v) is 22.0. The Balaban J connectivity index is 1.68. The number of carbonyl (C=O) groups is 1. The van der Waals surface area contributed by atoms with Crippen molar-refractivity contribution in [2.24, 2.45) is 0 Å². The van der Waals surface area contributed by atoms with Crippen molar-refractivity contribution < 1.29 is 9.90 Å². The van der Waals surface area contributed by atoms with Crippen molar-refractivity contribution in [1.82, 2.24) is 14.9 Å². The number of pyridine rings is 1. The predicted molar refractivity (Wildman–Crippen MR) is 151 cm³/mol. The van der Waals surface area contributed by atoms with Gasteiger partial charge in [-0.15, -0.1) is 0 Å². The molecule has 2 N–H and O–H groups in total. The van der Waals surface area contributed by atoms with Crippen LogP contribution in [0.4, 0.5) is 11.4 Å². The van der Waals surface area contributed by atoms with E-state index in [1.165, 1.54) is 0 Å². The van der Waals surface area contributed by atoms with Gasteiger partial charge in [-0.2, -0.15) is 0 Å². The maximum absolute atomic E-state index is 12.0. The molecular formula is C29H29N5O2S. The van der Waals surface area contributed by atoms with Gasteiger partial charge in [-0.05, 0) is 86.2 Å². The third kappa shape index (κ3) is 4.34. The molecule has 2 aromatic heterocycles. The average molecular weight is 512 g/mol. The molecule has 1 aliphatic rings. The second-order valence-corrected chi connectivity index (χ2v) is 9.78. The van der Waals surface area contributed by atoms with Crippen molar-refractivity contribution in [2.45, 2.75) is 25.9 Å². The minimum atomic E-state index is -0.956. The molecule has 3 heterocycles. The Hall–Kier alpha value is -4.17. The molecule has 8 heteroatoms. The van der Waals surface area contributed by atoms with E-state index < -0.39 is 5.97 Å². The van der Waals surface area contributed by atoms with Crippen LogP contribution in [-0.2, 0) is 0 Å². The first-order chi connectivity index (χ1) is 17.8. The molecule has 188 valence electrons. The van der Waals surface area contributed by atoms with Gasteiger partial charge in [0.1, 0.15) is 0 Å². The Morgan fingerprint density at radius 2 is 1.73 bits per heavy atom. The van der Waals surface area contributed by atoms with Gasteiger partial charge in [0.15, 0.2) is 5.11 Å². The van der Waals surface area contributed by atoms with E-state index in [4.69, 9.17) is 12.2 Å². The molecule has 0 spiro atoms. The fourth-order valence-corrected chi connectivity index (χ4v) is 5.51. The summed E-state index contributed by atoms with van der Waals surface area (Å²) in [6.45, 7) is 4.03. The lowest BCUT2D eigenvalue weighted by Gasteiger charge is -2.28. The van der Waals surface area contributed by atoms with E-state index in [9.17, 15) is 9.90 Å². The van der Waals surface area contributed by atoms with Gasteiger partial charge in [0, 0.05) is 43.1 Å². The third-order valence-electron chi connectivity index (χ3n) is 6.91. The number of rotatable bonds is 6. The maximum Gasteiger partial charge on any atom is 0.337 e. The second-order valence-electron chi connectivity index (χ2n) is 9.39. The average Bonchev–Trinajstić information content (AvgIpc) is 3.39. The van der Waals surface area contributed by atoms with Crippen LogP contribution in [-0.4, -0.2) is 39.8 Å². The van der Waals surface area contributed by atoms with E-state index in [1.807, 2.05) is 62.8 Å². The first-order valence-electron chi connectivity index (χ1n) is 12.1. The molecule has 0 radical (unpaired) electrons. The fourth-order valence-electron chi connectivity index (χ4n) is 5.17. The number of nitrogens with zero attached hydrogens (tertiary/aromatic N) is 4. The van der Waals surface area contributed by atoms with E-state index in [2.05, 4.69) is 50.4 Å². The maximum atomic E-state index is 12.0. The lowest BCUT2D eigenvalue weighted by Crippen LogP contribution is -2.29. The summed E-state index contributed by atoms with van der Waals surface area (Å²) in [4.78, 5) is 20.9. The van der Waals surface area contributed by atoms with Crippen molar-refractivity contribution in [3.05, 3.63) is 107 Å². The first kappa shape index (κ1) is 24.5. The highest BCUT2D eigenvalue weighted by molar-refractivity contribution is 7.80. The number of carboxylic acids is 1. The summed E-state index contributed by atoms with van der Waals surface area (Å²) in [5, 5.41) is 14.0. The third-order valence-corrected chi connectivity index (χ3v) is 7.22. The van der Waals surface area contributed by atoms with Crippen LogP contribution in [0.3, 0.4) is 0 Å². The largest absolute Gasteiger partial charge is 0.478 e. The minimum Gasteiger partial charge on any atom is -0.478 e. The number of para-hydroxylation sites is 1. The van der Waals surface area contributed by atoms with E-state index >= 15 is 0 Å². The quantitative estimate of drug-likeness (QED) is 0.334. The number of nitrogens with one attached hydrogen (secondary N) is 1. The number of anilines is 2. The molecule has 0 aliphatic carbocycles. The minimum absolute atomic E-state index is 0.189. The van der Waals surface area contributed by atoms with Gasteiger partial charge in [-0.25, -0.2) is 4.79 Å². The van der Waals surface area contributed by atoms with E-state index in [0.717, 1.165) is 34.0 Å². The van der Waals surface area contributed by atoms with Gasteiger partial charge in [0.05, 0.1) is 29.0 Å². The highest BCUT2D eigenvalue weighted by atomic mass is 32.1. The second kappa shape index (κ2) is 9.71. The summed E-state index contributed by atoms with van der Waals surface area (Å²) in [6, 6.07) is 23.0. The summed E-state index contributed by atoms with van der Waals surface area (Å²) in [6.07, 6.45) is 1.79. The number of hydrogen-bond donors (Lipinski definition) is 2. The number of thiocarbonyl (C=S) groups is 1. The summed E-state index contributed by atoms with van der Waals surface area (Å²) in [5.41, 5.74) is 6.82. The van der Waals surface area contributed by atoms with Gasteiger partial charge >= 0.3 is 5.97 Å². The molecule has 0 saturated carbocycles. The van der Waals surface area contributed by atoms with Crippen LogP contribution in [0.1, 0.15) is 45.1 Å². The number of carboxylic acid groups (broad SMARTS) is 1. The van der Waals surface area contributed by atoms with Crippen LogP contribution in [0.15, 0.2) is 79.0 Å². The van der Waals surface area contributed by atoms with Gasteiger partial charge in [-0.1, -0.05) is 18.2 Å². The molecule has 0 bridgehead atoms. The van der Waals surface area contributed by atoms with Crippen LogP contribution < -0.4 is 15.1 Å². The topological polar surface area (TPSA) is 73.6 Å². The first-order valence-corrected chi connectivity index (χ1v) is 12.5. The van der Waals surface area contributed by atoms with E-state index in [0.29, 0.717) is 10.8 Å². The van der Waals surface area contributed by atoms with Gasteiger partial charge < -0.3 is 24.8 Å². The number of aryl methyl sites for hydroxylation is 1. The number of aromatic nitrogens is 2. The zero-order chi connectivity index (χ0) is 26.3. The molecule has 1 aliphatic heterocycles. The lowest BCUT2D eigenvalue weighted by molar-refractivity contribution is 0.0697. The Morgan fingerprint density at radius 1 is 1.03 bits per heavy atom. The molecule has 2 aromatic carbocycles. The van der Waals surface area contributed by atoms with E-state index in [1.54, 1.807) is 18.3 Å². The molecule has 0 unspecified atom stereocenters. The highest BCUT2D eigenvalue weighted by Crippen LogP contribution is 2.44. The lowest BCUT2D eigenvalue weighted by atomic mass is 9.96. The van der Waals surface area contributed by atoms with Crippen LogP contribution >= 0.6 is 12.2 Å². The van der Waals surface area contributed by atoms with Crippen LogP contribution in [0.5, 0.6) is 0 Å². The standard InChI is InChI=1S/C29H29N5O2S/c1-18-17-23(19(2)33(18)25-11-6-5-9-22(25)28(35)36)27-26(24-10-7-8-16-30-24)31-29(37)34(27)21-14-12-20(13-15-21)32(3)4/h5-17,26-27H,1-4H3,(H,31,37)(H,35,36)/t26-,27-/m0/s1. The van der Waals surface area contributed by atoms with Crippen molar-refractivity contribution >= 4 is 34.7 Å². The van der Waals surface area contributed by atoms with Gasteiger partial charge in [0.25, 0.3) is 0 Å². The number of benzene rings is 2. The normalized spacial score (nSPS) is 17.1. The summed E-state index contributed by atoms with van der Waals surface area (Å²) in [7, 11) is 4.03. The molecule has 5 rings (SSSR count). The molecule has 7 nitrogen and oxygen atoms in total. The predicted octanol–water partition coefficient (Wildman–Crippen LogP) is 5.43. The Morgan fingerprint density at radius 3 is 2.38 bits per heavy atom. The summed E-state index contributed by atoms with van der Waals surface area (Å²) in [5.74, 6) is -0.956. The number of hydrogen-bond acceptors (Lipinski definition) is 4. The van der Waals surface area contributed by atoms with Gasteiger partial charge in [0.2, 0.25) is 0 Å². The molecule has 1 saturated heterocycles. The molecule has 0 amide bonds. The van der Waals surface area contributed by atoms with Crippen molar-refractivity contribution in [3.63, 3.8) is 0 Å². The van der Waals surface area contributed by atoms with Crippen LogP contribution in [0.25, 0.3) is 5.69 Å². The number of aromatic carboxylic acids is 1. The highest BCUT2D eigenvalue weighted by Gasteiger charge is 2.42.